The third-order valence-electron chi connectivity index (χ3n) is 2.90. The van der Waals surface area contributed by atoms with E-state index in [1.54, 1.807) is 42.5 Å². The first-order valence-corrected chi connectivity index (χ1v) is 8.87. The van der Waals surface area contributed by atoms with Crippen molar-refractivity contribution in [1.82, 2.24) is 0 Å². The van der Waals surface area contributed by atoms with Gasteiger partial charge < -0.3 is 10.5 Å². The summed E-state index contributed by atoms with van der Waals surface area (Å²) in [5.41, 5.74) is 6.82. The van der Waals surface area contributed by atoms with Gasteiger partial charge in [0.2, 0.25) is 0 Å². The van der Waals surface area contributed by atoms with Crippen molar-refractivity contribution in [1.29, 1.82) is 0 Å². The molecule has 0 spiro atoms. The zero-order chi connectivity index (χ0) is 15.5. The molecule has 0 radical (unpaired) electrons. The first kappa shape index (κ1) is 15.9. The summed E-state index contributed by atoms with van der Waals surface area (Å²) in [6.45, 7) is 2.31. The predicted molar refractivity (Wildman–Crippen MR) is 87.1 cm³/mol. The monoisotopic (exact) mass is 369 g/mol. The van der Waals surface area contributed by atoms with Crippen molar-refractivity contribution in [2.45, 2.75) is 17.6 Å². The second kappa shape index (κ2) is 6.49. The molecule has 0 aromatic heterocycles. The fourth-order valence-corrected chi connectivity index (χ4v) is 4.45. The molecule has 2 rings (SSSR count). The van der Waals surface area contributed by atoms with Crippen LogP contribution in [0.5, 0.6) is 5.75 Å². The van der Waals surface area contributed by atoms with E-state index in [9.17, 15) is 8.42 Å². The van der Waals surface area contributed by atoms with E-state index >= 15 is 0 Å². The van der Waals surface area contributed by atoms with Gasteiger partial charge in [-0.15, -0.1) is 0 Å². The van der Waals surface area contributed by atoms with Crippen LogP contribution in [0.1, 0.15) is 12.5 Å². The van der Waals surface area contributed by atoms with Gasteiger partial charge in [0.15, 0.2) is 9.84 Å². The van der Waals surface area contributed by atoms with Crippen molar-refractivity contribution >= 4 is 31.5 Å². The maximum absolute atomic E-state index is 12.6. The highest BCUT2D eigenvalue weighted by Crippen LogP contribution is 2.29. The number of anilines is 1. The van der Waals surface area contributed by atoms with Crippen LogP contribution in [0.4, 0.5) is 5.69 Å². The molecule has 2 aromatic rings. The van der Waals surface area contributed by atoms with Gasteiger partial charge in [-0.1, -0.05) is 12.1 Å². The molecule has 6 heteroatoms. The van der Waals surface area contributed by atoms with Gasteiger partial charge >= 0.3 is 0 Å². The molecule has 0 aliphatic carbocycles. The zero-order valence-electron chi connectivity index (χ0n) is 11.5. The van der Waals surface area contributed by atoms with Crippen LogP contribution in [-0.2, 0) is 15.6 Å². The summed E-state index contributed by atoms with van der Waals surface area (Å²) in [7, 11) is -3.48. The molecule has 0 amide bonds. The zero-order valence-corrected chi connectivity index (χ0v) is 13.9. The number of sulfone groups is 1. The standard InChI is InChI=1S/C15H16BrNO3S/c1-2-20-14-8-7-12(17)9-11(14)10-21(18,19)15-6-4-3-5-13(15)16/h3-9H,2,10,17H2,1H3. The number of nitrogens with two attached hydrogens (primary N) is 1. The van der Waals surface area contributed by atoms with Crippen molar-refractivity contribution in [3.05, 3.63) is 52.5 Å². The van der Waals surface area contributed by atoms with Crippen molar-refractivity contribution in [3.8, 4) is 5.75 Å². The average molecular weight is 370 g/mol. The summed E-state index contributed by atoms with van der Waals surface area (Å²) < 4.78 is 31.1. The van der Waals surface area contributed by atoms with Crippen molar-refractivity contribution in [2.75, 3.05) is 12.3 Å². The lowest BCUT2D eigenvalue weighted by molar-refractivity contribution is 0.337. The molecule has 0 saturated heterocycles. The second-order valence-electron chi connectivity index (χ2n) is 4.49. The summed E-state index contributed by atoms with van der Waals surface area (Å²) in [6.07, 6.45) is 0. The molecule has 0 aliphatic heterocycles. The van der Waals surface area contributed by atoms with Gasteiger partial charge in [-0.05, 0) is 53.2 Å². The third-order valence-corrected chi connectivity index (χ3v) is 5.57. The van der Waals surface area contributed by atoms with Gasteiger partial charge in [-0.25, -0.2) is 8.42 Å². The van der Waals surface area contributed by atoms with Gasteiger partial charge in [0.05, 0.1) is 17.3 Å². The van der Waals surface area contributed by atoms with E-state index in [-0.39, 0.29) is 10.6 Å². The summed E-state index contributed by atoms with van der Waals surface area (Å²) in [6, 6.07) is 11.8. The Balaban J connectivity index is 2.41. The summed E-state index contributed by atoms with van der Waals surface area (Å²) in [5, 5.41) is 0. The number of nitrogen functional groups attached to an aromatic ring is 1. The van der Waals surface area contributed by atoms with E-state index in [1.165, 1.54) is 0 Å². The molecule has 112 valence electrons. The van der Waals surface area contributed by atoms with Crippen LogP contribution in [0.3, 0.4) is 0 Å². The van der Waals surface area contributed by atoms with E-state index < -0.39 is 9.84 Å². The van der Waals surface area contributed by atoms with Gasteiger partial charge in [-0.2, -0.15) is 0 Å². The Morgan fingerprint density at radius 1 is 1.19 bits per heavy atom. The number of hydrogen-bond donors (Lipinski definition) is 1. The second-order valence-corrected chi connectivity index (χ2v) is 7.30. The number of ether oxygens (including phenoxy) is 1. The molecule has 0 aliphatic rings. The first-order valence-electron chi connectivity index (χ1n) is 6.42. The third kappa shape index (κ3) is 3.77. The normalized spacial score (nSPS) is 11.3. The van der Waals surface area contributed by atoms with Crippen molar-refractivity contribution < 1.29 is 13.2 Å². The summed E-state index contributed by atoms with van der Waals surface area (Å²) >= 11 is 3.27. The van der Waals surface area contributed by atoms with Gasteiger partial charge in [0.1, 0.15) is 5.75 Å². The largest absolute Gasteiger partial charge is 0.494 e. The van der Waals surface area contributed by atoms with Crippen LogP contribution in [-0.4, -0.2) is 15.0 Å². The van der Waals surface area contributed by atoms with E-state index in [0.717, 1.165) is 0 Å². The topological polar surface area (TPSA) is 69.4 Å². The molecular weight excluding hydrogens is 354 g/mol. The van der Waals surface area contributed by atoms with E-state index in [2.05, 4.69) is 15.9 Å². The molecular formula is C15H16BrNO3S. The Labute approximate surface area is 133 Å². The highest BCUT2D eigenvalue weighted by atomic mass is 79.9. The Kier molecular flexibility index (Phi) is 4.90. The Bertz CT molecular complexity index is 744. The van der Waals surface area contributed by atoms with Crippen LogP contribution in [0, 0.1) is 0 Å². The van der Waals surface area contributed by atoms with E-state index in [4.69, 9.17) is 10.5 Å². The minimum absolute atomic E-state index is 0.157. The van der Waals surface area contributed by atoms with Gasteiger partial charge in [0, 0.05) is 15.7 Å². The lowest BCUT2D eigenvalue weighted by atomic mass is 10.2. The molecule has 0 heterocycles. The smallest absolute Gasteiger partial charge is 0.183 e. The van der Waals surface area contributed by atoms with Gasteiger partial charge in [0.25, 0.3) is 0 Å². The van der Waals surface area contributed by atoms with Crippen molar-refractivity contribution in [2.24, 2.45) is 0 Å². The number of halogens is 1. The van der Waals surface area contributed by atoms with Crippen LogP contribution in [0.15, 0.2) is 51.8 Å². The molecule has 0 atom stereocenters. The maximum Gasteiger partial charge on any atom is 0.183 e. The minimum atomic E-state index is -3.48. The first-order chi connectivity index (χ1) is 9.94. The highest BCUT2D eigenvalue weighted by Gasteiger charge is 2.20. The molecule has 0 bridgehead atoms. The van der Waals surface area contributed by atoms with Gasteiger partial charge in [-0.3, -0.25) is 0 Å². The molecule has 0 saturated carbocycles. The SMILES string of the molecule is CCOc1ccc(N)cc1CS(=O)(=O)c1ccccc1Br. The summed E-state index contributed by atoms with van der Waals surface area (Å²) in [5.74, 6) is 0.387. The van der Waals surface area contributed by atoms with Crippen LogP contribution >= 0.6 is 15.9 Å². The molecule has 2 N–H and O–H groups in total. The summed E-state index contributed by atoms with van der Waals surface area (Å²) in [4.78, 5) is 0.259. The van der Waals surface area contributed by atoms with E-state index in [0.29, 0.717) is 28.1 Å². The Morgan fingerprint density at radius 2 is 1.90 bits per heavy atom. The molecule has 0 unspecified atom stereocenters. The maximum atomic E-state index is 12.6. The fraction of sp³-hybridized carbons (Fsp3) is 0.200. The molecule has 0 fully saturated rings. The highest BCUT2D eigenvalue weighted by molar-refractivity contribution is 9.10. The fourth-order valence-electron chi connectivity index (χ4n) is 1.99. The van der Waals surface area contributed by atoms with Crippen LogP contribution < -0.4 is 10.5 Å². The van der Waals surface area contributed by atoms with Crippen LogP contribution in [0.2, 0.25) is 0 Å². The number of benzene rings is 2. The minimum Gasteiger partial charge on any atom is -0.494 e. The quantitative estimate of drug-likeness (QED) is 0.819. The molecule has 4 nitrogen and oxygen atoms in total. The lowest BCUT2D eigenvalue weighted by Gasteiger charge is -2.12. The molecule has 21 heavy (non-hydrogen) atoms. The van der Waals surface area contributed by atoms with Crippen LogP contribution in [0.25, 0.3) is 0 Å². The number of hydrogen-bond acceptors (Lipinski definition) is 4. The Hall–Kier alpha value is -1.53. The Morgan fingerprint density at radius 3 is 2.57 bits per heavy atom. The van der Waals surface area contributed by atoms with E-state index in [1.807, 2.05) is 6.92 Å². The van der Waals surface area contributed by atoms with Crippen molar-refractivity contribution in [3.63, 3.8) is 0 Å². The average Bonchev–Trinajstić information content (AvgIpc) is 2.42. The number of rotatable bonds is 5. The molecule has 2 aromatic carbocycles. The lowest BCUT2D eigenvalue weighted by Crippen LogP contribution is -2.08. The predicted octanol–water partition coefficient (Wildman–Crippen LogP) is 3.40.